The van der Waals surface area contributed by atoms with Gasteiger partial charge in [-0.2, -0.15) is 0 Å². The number of ether oxygens (including phenoxy) is 1. The Morgan fingerprint density at radius 2 is 2.18 bits per heavy atom. The van der Waals surface area contributed by atoms with Crippen LogP contribution in [0.4, 0.5) is 0 Å². The van der Waals surface area contributed by atoms with E-state index >= 15 is 0 Å². The van der Waals surface area contributed by atoms with Crippen molar-refractivity contribution >= 4 is 17.5 Å². The monoisotopic (exact) mass is 307 g/mol. The second-order valence-corrected chi connectivity index (χ2v) is 6.13. The van der Waals surface area contributed by atoms with Gasteiger partial charge >= 0.3 is 5.97 Å². The molecule has 0 amide bonds. The zero-order chi connectivity index (χ0) is 16.9. The molecule has 1 aliphatic carbocycles. The van der Waals surface area contributed by atoms with E-state index in [1.165, 1.54) is 7.11 Å². The molecule has 0 bridgehead atoms. The molecule has 0 aliphatic heterocycles. The highest BCUT2D eigenvalue weighted by atomic mass is 16.5. The van der Waals surface area contributed by atoms with E-state index in [2.05, 4.69) is 11.6 Å². The lowest BCUT2D eigenvalue weighted by Crippen LogP contribution is -2.46. The highest BCUT2D eigenvalue weighted by molar-refractivity contribution is 6.29. The third-order valence-corrected chi connectivity index (χ3v) is 3.81. The van der Waals surface area contributed by atoms with Gasteiger partial charge in [-0.15, -0.1) is 6.58 Å². The maximum absolute atomic E-state index is 12.5. The molecule has 0 aromatic carbocycles. The molecule has 1 rings (SSSR count). The summed E-state index contributed by atoms with van der Waals surface area (Å²) in [6, 6.07) is 0. The highest BCUT2D eigenvalue weighted by Crippen LogP contribution is 2.41. The van der Waals surface area contributed by atoms with Crippen LogP contribution in [-0.2, 0) is 14.3 Å². The van der Waals surface area contributed by atoms with Crippen LogP contribution in [0.3, 0.4) is 0 Å². The fourth-order valence-corrected chi connectivity index (χ4v) is 2.81. The van der Waals surface area contributed by atoms with Gasteiger partial charge in [0, 0.05) is 12.8 Å². The van der Waals surface area contributed by atoms with Crippen molar-refractivity contribution in [3.8, 4) is 0 Å². The van der Waals surface area contributed by atoms with Crippen molar-refractivity contribution in [2.75, 3.05) is 13.7 Å². The molecule has 1 unspecified atom stereocenters. The molecule has 0 radical (unpaired) electrons. The van der Waals surface area contributed by atoms with Gasteiger partial charge in [-0.3, -0.25) is 14.6 Å². The number of ketones is 1. The van der Waals surface area contributed by atoms with Crippen LogP contribution in [-0.4, -0.2) is 36.2 Å². The van der Waals surface area contributed by atoms with E-state index in [9.17, 15) is 14.7 Å². The Hall–Kier alpha value is -1.91. The summed E-state index contributed by atoms with van der Waals surface area (Å²) in [4.78, 5) is 29.1. The second kappa shape index (κ2) is 7.38. The first-order valence-electron chi connectivity index (χ1n) is 7.48. The van der Waals surface area contributed by atoms with E-state index in [-0.39, 0.29) is 30.1 Å². The number of rotatable bonds is 5. The molecule has 1 fully saturated rings. The fourth-order valence-electron chi connectivity index (χ4n) is 2.81. The zero-order valence-electron chi connectivity index (χ0n) is 13.8. The molecule has 0 heterocycles. The molecule has 1 saturated carbocycles. The molecular weight excluding hydrogens is 282 g/mol. The first-order valence-corrected chi connectivity index (χ1v) is 7.48. The number of methoxy groups -OCH3 is 1. The van der Waals surface area contributed by atoms with Crippen molar-refractivity contribution in [3.05, 3.63) is 24.0 Å². The third-order valence-electron chi connectivity index (χ3n) is 3.81. The molecule has 22 heavy (non-hydrogen) atoms. The fraction of sp³-hybridized carbons (Fsp3) is 0.588. The predicted molar refractivity (Wildman–Crippen MR) is 86.0 cm³/mol. The van der Waals surface area contributed by atoms with E-state index in [0.717, 1.165) is 0 Å². The number of carbonyl (C=O) groups excluding carboxylic acids is 2. The summed E-state index contributed by atoms with van der Waals surface area (Å²) in [6.07, 6.45) is 2.83. The zero-order valence-corrected chi connectivity index (χ0v) is 13.8. The maximum Gasteiger partial charge on any atom is 0.315 e. The molecule has 0 spiro atoms. The topological polar surface area (TPSA) is 76.0 Å². The number of hydrogen-bond acceptors (Lipinski definition) is 5. The molecule has 0 aromatic rings. The number of aliphatic imine (C=N–C) groups is 1. The molecule has 122 valence electrons. The molecule has 1 aliphatic rings. The minimum atomic E-state index is -0.677. The summed E-state index contributed by atoms with van der Waals surface area (Å²) in [5, 5.41) is 10.3. The van der Waals surface area contributed by atoms with Crippen LogP contribution in [0.15, 0.2) is 29.0 Å². The van der Waals surface area contributed by atoms with Gasteiger partial charge in [0.05, 0.1) is 24.9 Å². The van der Waals surface area contributed by atoms with Crippen LogP contribution in [0.25, 0.3) is 0 Å². The number of aliphatic hydroxyl groups excluding tert-OH is 1. The van der Waals surface area contributed by atoms with E-state index < -0.39 is 17.3 Å². The van der Waals surface area contributed by atoms with Crippen LogP contribution < -0.4 is 0 Å². The molecular formula is C17H25NO4. The van der Waals surface area contributed by atoms with Crippen molar-refractivity contribution in [2.24, 2.45) is 16.3 Å². The summed E-state index contributed by atoms with van der Waals surface area (Å²) in [5.74, 6) is -1.30. The number of aliphatic hydroxyl groups is 1. The summed E-state index contributed by atoms with van der Waals surface area (Å²) in [7, 11) is 1.31. The Bertz CT molecular complexity index is 529. The molecule has 5 nitrogen and oxygen atoms in total. The van der Waals surface area contributed by atoms with E-state index in [4.69, 9.17) is 4.74 Å². The number of nitrogens with zero attached hydrogens (tertiary/aromatic N) is 1. The summed E-state index contributed by atoms with van der Waals surface area (Å²) >= 11 is 0. The minimum absolute atomic E-state index is 0.000264. The van der Waals surface area contributed by atoms with Gasteiger partial charge in [0.15, 0.2) is 5.78 Å². The van der Waals surface area contributed by atoms with Crippen LogP contribution in [0, 0.1) is 11.3 Å². The Kier molecular flexibility index (Phi) is 6.09. The van der Waals surface area contributed by atoms with Crippen LogP contribution >= 0.6 is 0 Å². The lowest BCUT2D eigenvalue weighted by molar-refractivity contribution is -0.147. The van der Waals surface area contributed by atoms with Gasteiger partial charge in [-0.05, 0) is 11.8 Å². The Balaban J connectivity index is 3.51. The number of Topliss-reactive ketones (excluding diaryl/α,β-unsaturated/α-hetero) is 1. The van der Waals surface area contributed by atoms with Crippen LogP contribution in [0.2, 0.25) is 0 Å². The number of carbonyl (C=O) groups is 2. The quantitative estimate of drug-likeness (QED) is 0.366. The molecule has 1 N–H and O–H groups in total. The van der Waals surface area contributed by atoms with E-state index in [0.29, 0.717) is 18.6 Å². The molecule has 0 saturated heterocycles. The minimum Gasteiger partial charge on any atom is -0.511 e. The Morgan fingerprint density at radius 1 is 1.55 bits per heavy atom. The smallest absolute Gasteiger partial charge is 0.315 e. The van der Waals surface area contributed by atoms with Crippen molar-refractivity contribution in [3.63, 3.8) is 0 Å². The number of allylic oxidation sites excluding steroid dienone is 2. The second-order valence-electron chi connectivity index (χ2n) is 6.13. The van der Waals surface area contributed by atoms with Crippen molar-refractivity contribution < 1.29 is 19.4 Å². The maximum atomic E-state index is 12.5. The Morgan fingerprint density at radius 3 is 2.68 bits per heavy atom. The van der Waals surface area contributed by atoms with Crippen molar-refractivity contribution in [2.45, 2.75) is 40.0 Å². The Labute approximate surface area is 131 Å². The third kappa shape index (κ3) is 3.64. The lowest BCUT2D eigenvalue weighted by atomic mass is 9.65. The summed E-state index contributed by atoms with van der Waals surface area (Å²) in [6.45, 7) is 9.47. The molecule has 0 aromatic heterocycles. The van der Waals surface area contributed by atoms with Crippen LogP contribution in [0.5, 0.6) is 0 Å². The van der Waals surface area contributed by atoms with Gasteiger partial charge in [0.2, 0.25) is 0 Å². The predicted octanol–water partition coefficient (Wildman–Crippen LogP) is 3.01. The van der Waals surface area contributed by atoms with Gasteiger partial charge in [0.1, 0.15) is 11.7 Å². The largest absolute Gasteiger partial charge is 0.511 e. The summed E-state index contributed by atoms with van der Waals surface area (Å²) < 4.78 is 4.90. The SMILES string of the molecule is C=CCN=C1/C(=C(/O)CCC)C(=O)CC(C)(C)C1C(=O)OC. The summed E-state index contributed by atoms with van der Waals surface area (Å²) in [5.41, 5.74) is -0.113. The normalized spacial score (nSPS) is 25.0. The van der Waals surface area contributed by atoms with Gasteiger partial charge < -0.3 is 9.84 Å². The average Bonchev–Trinajstić information content (AvgIpc) is 2.43. The average molecular weight is 307 g/mol. The van der Waals surface area contributed by atoms with Gasteiger partial charge in [0.25, 0.3) is 0 Å². The van der Waals surface area contributed by atoms with Gasteiger partial charge in [-0.25, -0.2) is 0 Å². The van der Waals surface area contributed by atoms with E-state index in [1.807, 2.05) is 20.8 Å². The number of hydrogen-bond donors (Lipinski definition) is 1. The molecule has 5 heteroatoms. The lowest BCUT2D eigenvalue weighted by Gasteiger charge is -2.38. The van der Waals surface area contributed by atoms with Crippen LogP contribution in [0.1, 0.15) is 40.0 Å². The van der Waals surface area contributed by atoms with E-state index in [1.54, 1.807) is 6.08 Å². The van der Waals surface area contributed by atoms with Gasteiger partial charge in [-0.1, -0.05) is 26.8 Å². The first kappa shape index (κ1) is 18.1. The van der Waals surface area contributed by atoms with Crippen molar-refractivity contribution in [1.29, 1.82) is 0 Å². The first-order chi connectivity index (χ1) is 10.3. The number of esters is 1. The highest BCUT2D eigenvalue weighted by Gasteiger charge is 2.48. The standard InChI is InChI=1S/C17H25NO4/c1-6-8-11(19)13-12(20)10-17(3,4)14(16(21)22-5)15(13)18-9-7-2/h7,14,19H,2,6,8-10H2,1,3-5H3/b13-11+,18-15?. The molecule has 1 atom stereocenters. The van der Waals surface area contributed by atoms with Crippen molar-refractivity contribution in [1.82, 2.24) is 0 Å².